The van der Waals surface area contributed by atoms with Gasteiger partial charge in [-0.05, 0) is 37.7 Å². The van der Waals surface area contributed by atoms with Crippen LogP contribution < -0.4 is 16.4 Å². The third-order valence-electron chi connectivity index (χ3n) is 9.98. The van der Waals surface area contributed by atoms with E-state index in [9.17, 15) is 47.7 Å². The number of alkyl halides is 3. The second-order valence-corrected chi connectivity index (χ2v) is 15.4. The molecule has 1 aromatic carbocycles. The maximum absolute atomic E-state index is 13.9. The zero-order chi connectivity index (χ0) is 45.1. The third-order valence-corrected chi connectivity index (χ3v) is 9.98. The Balaban J connectivity index is 0.00000438. The topological polar surface area (TPSA) is 235 Å². The number of aliphatic carboxylic acids is 2. The Morgan fingerprint density at radius 2 is 1.29 bits per heavy atom. The van der Waals surface area contributed by atoms with E-state index < -0.39 is 84.2 Å². The summed E-state index contributed by atoms with van der Waals surface area (Å²) in [5.41, 5.74) is 6.80. The zero-order valence-corrected chi connectivity index (χ0v) is 35.5. The number of carbonyl (C=O) groups excluding carboxylic acids is 3. The van der Waals surface area contributed by atoms with E-state index in [1.54, 1.807) is 27.7 Å². The number of unbranched alkanes of at least 4 members (excludes halogenated alkanes) is 10. The number of esters is 1. The van der Waals surface area contributed by atoms with Gasteiger partial charge in [-0.2, -0.15) is 13.2 Å². The standard InChI is InChI=1S/C40H69N3O9.C2HF3O2/c1-7-9-10-11-12-13-14-15-16-17-21-24-33(28(5)36(45)31(8-2)39(48)49)52-40(50)32(26-51-25-30-22-19-18-20-23-30)42-38(47)35(29(6)44)43-37(46)34(41)27(3)4;3-2(4,5)1(6)7/h18-20,22-23,27-29,31-36,44-45H,7-17,21,24-26,41H2,1-6H3,(H,42,47)(H,43,46)(H,48,49);(H,6,7)/t28-,29+,31+,32-,33+,34-,35-,36+;/m0./s1. The quantitative estimate of drug-likeness (QED) is 0.0369. The van der Waals surface area contributed by atoms with Crippen LogP contribution in [0.25, 0.3) is 0 Å². The Morgan fingerprint density at radius 3 is 1.73 bits per heavy atom. The zero-order valence-electron chi connectivity index (χ0n) is 35.5. The summed E-state index contributed by atoms with van der Waals surface area (Å²) >= 11 is 0. The molecule has 2 amide bonds. The van der Waals surface area contributed by atoms with Crippen LogP contribution in [0, 0.1) is 17.8 Å². The first-order chi connectivity index (χ1) is 27.7. The van der Waals surface area contributed by atoms with Crippen molar-refractivity contribution in [3.63, 3.8) is 0 Å². The Hall–Kier alpha value is -3.80. The normalized spacial score (nSPS) is 15.6. The van der Waals surface area contributed by atoms with Crippen molar-refractivity contribution in [2.24, 2.45) is 23.5 Å². The smallest absolute Gasteiger partial charge is 0.481 e. The number of ether oxygens (including phenoxy) is 2. The number of nitrogens with one attached hydrogen (secondary N) is 2. The van der Waals surface area contributed by atoms with Gasteiger partial charge in [0, 0.05) is 5.92 Å². The molecular weight excluding hydrogens is 779 g/mol. The molecular formula is C42H70F3N3O11. The SMILES string of the molecule is CCCCCCCCCCCCC[C@@H](OC(=O)[C@H](COCc1ccccc1)NC(=O)[C@@H](NC(=O)[C@@H](N)C(C)C)[C@@H](C)O)[C@H](C)[C@@H](O)[C@@H](CC)C(=O)O.O=C(O)C(F)(F)F. The molecule has 0 spiro atoms. The fourth-order valence-corrected chi connectivity index (χ4v) is 6.08. The molecule has 0 aliphatic carbocycles. The lowest BCUT2D eigenvalue weighted by atomic mass is 9.85. The summed E-state index contributed by atoms with van der Waals surface area (Å²) in [6, 6.07) is 5.55. The summed E-state index contributed by atoms with van der Waals surface area (Å²) in [5, 5.41) is 43.5. The predicted octanol–water partition coefficient (Wildman–Crippen LogP) is 5.89. The molecule has 0 saturated carbocycles. The van der Waals surface area contributed by atoms with Crippen molar-refractivity contribution < 1.29 is 67.0 Å². The van der Waals surface area contributed by atoms with Crippen molar-refractivity contribution in [3.8, 4) is 0 Å². The van der Waals surface area contributed by atoms with E-state index in [4.69, 9.17) is 25.1 Å². The fourth-order valence-electron chi connectivity index (χ4n) is 6.08. The van der Waals surface area contributed by atoms with Gasteiger partial charge in [-0.15, -0.1) is 0 Å². The monoisotopic (exact) mass is 849 g/mol. The van der Waals surface area contributed by atoms with E-state index in [2.05, 4.69) is 17.6 Å². The molecule has 8 N–H and O–H groups in total. The van der Waals surface area contributed by atoms with Crippen LogP contribution in [0.15, 0.2) is 30.3 Å². The first-order valence-corrected chi connectivity index (χ1v) is 20.8. The second-order valence-electron chi connectivity index (χ2n) is 15.4. The number of rotatable bonds is 29. The minimum absolute atomic E-state index is 0.133. The van der Waals surface area contributed by atoms with Gasteiger partial charge in [-0.25, -0.2) is 9.59 Å². The summed E-state index contributed by atoms with van der Waals surface area (Å²) in [4.78, 5) is 60.9. The number of aliphatic hydroxyl groups is 2. The number of benzene rings is 1. The molecule has 0 fully saturated rings. The highest BCUT2D eigenvalue weighted by atomic mass is 19.4. The number of hydrogen-bond acceptors (Lipinski definition) is 10. The number of halogens is 3. The van der Waals surface area contributed by atoms with Crippen LogP contribution in [-0.2, 0) is 40.1 Å². The summed E-state index contributed by atoms with van der Waals surface area (Å²) in [7, 11) is 0. The van der Waals surface area contributed by atoms with Crippen LogP contribution >= 0.6 is 0 Å². The van der Waals surface area contributed by atoms with Crippen molar-refractivity contribution in [3.05, 3.63) is 35.9 Å². The van der Waals surface area contributed by atoms with E-state index >= 15 is 0 Å². The van der Waals surface area contributed by atoms with Crippen molar-refractivity contribution >= 4 is 29.7 Å². The molecule has 0 aliphatic heterocycles. The lowest BCUT2D eigenvalue weighted by Crippen LogP contribution is -2.59. The van der Waals surface area contributed by atoms with Crippen LogP contribution in [-0.4, -0.2) is 99.4 Å². The summed E-state index contributed by atoms with van der Waals surface area (Å²) in [6.07, 6.45) is 4.45. The number of hydrogen-bond donors (Lipinski definition) is 7. The third kappa shape index (κ3) is 23.5. The van der Waals surface area contributed by atoms with Crippen LogP contribution in [0.1, 0.15) is 131 Å². The van der Waals surface area contributed by atoms with E-state index in [1.807, 2.05) is 30.3 Å². The van der Waals surface area contributed by atoms with Crippen LogP contribution in [0.5, 0.6) is 0 Å². The number of carboxylic acid groups (broad SMARTS) is 2. The lowest BCUT2D eigenvalue weighted by molar-refractivity contribution is -0.192. The largest absolute Gasteiger partial charge is 0.490 e. The second kappa shape index (κ2) is 30.3. The molecule has 0 aliphatic rings. The van der Waals surface area contributed by atoms with Gasteiger partial charge in [0.25, 0.3) is 0 Å². The summed E-state index contributed by atoms with van der Waals surface area (Å²) < 4.78 is 43.6. The Labute approximate surface area is 347 Å². The lowest BCUT2D eigenvalue weighted by Gasteiger charge is -2.32. The van der Waals surface area contributed by atoms with Gasteiger partial charge >= 0.3 is 24.1 Å². The number of carboxylic acids is 2. The van der Waals surface area contributed by atoms with Crippen molar-refractivity contribution in [1.82, 2.24) is 10.6 Å². The number of amides is 2. The molecule has 1 rings (SSSR count). The molecule has 0 bridgehead atoms. The summed E-state index contributed by atoms with van der Waals surface area (Å²) in [6.45, 7) is 10.2. The minimum atomic E-state index is -5.08. The van der Waals surface area contributed by atoms with Gasteiger partial charge in [0.15, 0.2) is 6.04 Å². The van der Waals surface area contributed by atoms with Gasteiger partial charge in [-0.1, -0.05) is 129 Å². The van der Waals surface area contributed by atoms with Crippen LogP contribution in [0.4, 0.5) is 13.2 Å². The van der Waals surface area contributed by atoms with E-state index in [-0.39, 0.29) is 25.6 Å². The molecule has 59 heavy (non-hydrogen) atoms. The fraction of sp³-hybridized carbons (Fsp3) is 0.738. The maximum Gasteiger partial charge on any atom is 0.490 e. The van der Waals surface area contributed by atoms with E-state index in [0.29, 0.717) is 12.8 Å². The highest BCUT2D eigenvalue weighted by Gasteiger charge is 2.39. The molecule has 0 heterocycles. The first kappa shape index (κ1) is 55.2. The average molecular weight is 850 g/mol. The Kier molecular flexibility index (Phi) is 28.3. The number of carbonyl (C=O) groups is 5. The molecule has 340 valence electrons. The molecule has 8 atom stereocenters. The molecule has 14 nitrogen and oxygen atoms in total. The highest BCUT2D eigenvalue weighted by Crippen LogP contribution is 2.26. The van der Waals surface area contributed by atoms with E-state index in [0.717, 1.165) is 31.2 Å². The van der Waals surface area contributed by atoms with Crippen molar-refractivity contribution in [1.29, 1.82) is 0 Å². The molecule has 1 aromatic rings. The maximum atomic E-state index is 13.9. The molecule has 0 aromatic heterocycles. The van der Waals surface area contributed by atoms with Gasteiger partial charge < -0.3 is 46.3 Å². The summed E-state index contributed by atoms with van der Waals surface area (Å²) in [5.74, 6) is -8.20. The van der Waals surface area contributed by atoms with Crippen LogP contribution in [0.2, 0.25) is 0 Å². The first-order valence-electron chi connectivity index (χ1n) is 20.8. The Morgan fingerprint density at radius 1 is 0.780 bits per heavy atom. The van der Waals surface area contributed by atoms with Gasteiger partial charge in [-0.3, -0.25) is 14.4 Å². The molecule has 0 unspecified atom stereocenters. The van der Waals surface area contributed by atoms with Crippen molar-refractivity contribution in [2.75, 3.05) is 6.61 Å². The predicted molar refractivity (Wildman–Crippen MR) is 216 cm³/mol. The van der Waals surface area contributed by atoms with E-state index in [1.165, 1.54) is 45.4 Å². The number of aliphatic hydroxyl groups excluding tert-OH is 2. The molecule has 0 radical (unpaired) electrons. The highest BCUT2D eigenvalue weighted by molar-refractivity contribution is 5.92. The number of nitrogens with two attached hydrogens (primary N) is 1. The average Bonchev–Trinajstić information content (AvgIpc) is 3.17. The minimum Gasteiger partial charge on any atom is -0.481 e. The Bertz CT molecular complexity index is 1350. The van der Waals surface area contributed by atoms with Crippen LogP contribution in [0.3, 0.4) is 0 Å². The van der Waals surface area contributed by atoms with Gasteiger partial charge in [0.05, 0.1) is 37.4 Å². The van der Waals surface area contributed by atoms with Crippen molar-refractivity contribution in [2.45, 2.75) is 174 Å². The van der Waals surface area contributed by atoms with Gasteiger partial charge in [0.2, 0.25) is 11.8 Å². The van der Waals surface area contributed by atoms with Gasteiger partial charge in [0.1, 0.15) is 12.1 Å². The molecule has 0 saturated heterocycles. The molecule has 17 heteroatoms.